The molecule has 1 N–H and O–H groups in total. The fourth-order valence-corrected chi connectivity index (χ4v) is 1.55. The summed E-state index contributed by atoms with van der Waals surface area (Å²) in [4.78, 5) is 16.4. The van der Waals surface area contributed by atoms with Gasteiger partial charge in [0.05, 0.1) is 7.11 Å². The fourth-order valence-electron chi connectivity index (χ4n) is 1.55. The number of carbonyl (C=O) groups is 1. The first kappa shape index (κ1) is 16.4. The molecule has 14 heavy (non-hydrogen) atoms. The van der Waals surface area contributed by atoms with Gasteiger partial charge in [0.2, 0.25) is 5.91 Å². The van der Waals surface area contributed by atoms with E-state index in [-0.39, 0.29) is 36.8 Å². The predicted molar refractivity (Wildman–Crippen MR) is 59.9 cm³/mol. The van der Waals surface area contributed by atoms with Crippen LogP contribution < -0.4 is 5.32 Å². The molecule has 1 fully saturated rings. The topological polar surface area (TPSA) is 41.6 Å². The van der Waals surface area contributed by atoms with Crippen LogP contribution in [0.3, 0.4) is 0 Å². The number of carbonyl (C=O) groups excluding carboxylic acids is 1. The minimum atomic E-state index is -0.0891. The van der Waals surface area contributed by atoms with E-state index in [1.807, 2.05) is 0 Å². The highest BCUT2D eigenvalue weighted by Crippen LogP contribution is 2.16. The normalized spacial score (nSPS) is 21.7. The van der Waals surface area contributed by atoms with Gasteiger partial charge in [-0.15, -0.1) is 24.8 Å². The van der Waals surface area contributed by atoms with Crippen LogP contribution in [-0.4, -0.2) is 37.7 Å². The summed E-state index contributed by atoms with van der Waals surface area (Å²) in [5.41, 5.74) is 0. The molecule has 0 aromatic carbocycles. The van der Waals surface area contributed by atoms with E-state index in [2.05, 4.69) is 5.32 Å². The second kappa shape index (κ2) is 8.29. The zero-order valence-electron chi connectivity index (χ0n) is 8.49. The Morgan fingerprint density at radius 1 is 1.43 bits per heavy atom. The largest absolute Gasteiger partial charge is 0.358 e. The molecule has 1 saturated heterocycles. The molecule has 1 amide bonds. The number of halogens is 2. The molecule has 0 saturated carbocycles. The van der Waals surface area contributed by atoms with Crippen molar-refractivity contribution >= 4 is 30.7 Å². The van der Waals surface area contributed by atoms with Crippen molar-refractivity contribution in [2.75, 3.05) is 20.7 Å². The highest BCUT2D eigenvalue weighted by molar-refractivity contribution is 5.85. The van der Waals surface area contributed by atoms with E-state index in [0.29, 0.717) is 0 Å². The number of hydroxylamine groups is 2. The van der Waals surface area contributed by atoms with Crippen LogP contribution in [0.15, 0.2) is 0 Å². The van der Waals surface area contributed by atoms with Crippen molar-refractivity contribution in [1.82, 2.24) is 10.4 Å². The predicted octanol–water partition coefficient (Wildman–Crippen LogP) is 0.992. The lowest BCUT2D eigenvalue weighted by molar-refractivity contribution is -0.182. The first-order chi connectivity index (χ1) is 5.79. The number of piperidine rings is 1. The SMILES string of the molecule is CNC(=O)C1CCCCN1OC.Cl.Cl. The number of hydrogen-bond acceptors (Lipinski definition) is 3. The molecule has 0 radical (unpaired) electrons. The molecule has 1 atom stereocenters. The van der Waals surface area contributed by atoms with Gasteiger partial charge in [0, 0.05) is 13.6 Å². The molecule has 1 heterocycles. The average molecular weight is 245 g/mol. The standard InChI is InChI=1S/C8H16N2O2.2ClH/c1-9-8(11)7-5-3-4-6-10(7)12-2;;/h7H,3-6H2,1-2H3,(H,9,11);2*1H. The minimum Gasteiger partial charge on any atom is -0.358 e. The summed E-state index contributed by atoms with van der Waals surface area (Å²) in [6, 6.07) is -0.0891. The van der Waals surface area contributed by atoms with Gasteiger partial charge in [0.15, 0.2) is 0 Å². The van der Waals surface area contributed by atoms with Crippen molar-refractivity contribution in [3.8, 4) is 0 Å². The lowest BCUT2D eigenvalue weighted by Gasteiger charge is -2.31. The van der Waals surface area contributed by atoms with Crippen molar-refractivity contribution < 1.29 is 9.63 Å². The molecule has 1 aliphatic heterocycles. The van der Waals surface area contributed by atoms with E-state index in [4.69, 9.17) is 4.84 Å². The van der Waals surface area contributed by atoms with Crippen LogP contribution in [-0.2, 0) is 9.63 Å². The van der Waals surface area contributed by atoms with Crippen molar-refractivity contribution in [2.24, 2.45) is 0 Å². The Balaban J connectivity index is 0. The molecule has 0 bridgehead atoms. The maximum atomic E-state index is 11.3. The van der Waals surface area contributed by atoms with Gasteiger partial charge in [-0.1, -0.05) is 0 Å². The second-order valence-corrected chi connectivity index (χ2v) is 2.95. The zero-order valence-corrected chi connectivity index (χ0v) is 10.1. The molecule has 1 unspecified atom stereocenters. The third kappa shape index (κ3) is 4.00. The summed E-state index contributed by atoms with van der Waals surface area (Å²) in [6.07, 6.45) is 3.12. The molecule has 0 aliphatic carbocycles. The van der Waals surface area contributed by atoms with Gasteiger partial charge in [0.1, 0.15) is 6.04 Å². The number of hydrogen-bond donors (Lipinski definition) is 1. The van der Waals surface area contributed by atoms with Crippen LogP contribution in [0.2, 0.25) is 0 Å². The summed E-state index contributed by atoms with van der Waals surface area (Å²) in [5, 5.41) is 4.39. The van der Waals surface area contributed by atoms with E-state index in [1.54, 1.807) is 19.2 Å². The van der Waals surface area contributed by atoms with Gasteiger partial charge < -0.3 is 10.2 Å². The van der Waals surface area contributed by atoms with E-state index < -0.39 is 0 Å². The first-order valence-electron chi connectivity index (χ1n) is 4.32. The van der Waals surface area contributed by atoms with Crippen LogP contribution in [0.1, 0.15) is 19.3 Å². The quantitative estimate of drug-likeness (QED) is 0.788. The smallest absolute Gasteiger partial charge is 0.239 e. The minimum absolute atomic E-state index is 0. The molecular formula is C8H18Cl2N2O2. The molecule has 0 aromatic heterocycles. The Morgan fingerprint density at radius 3 is 2.57 bits per heavy atom. The maximum Gasteiger partial charge on any atom is 0.239 e. The Bertz CT molecular complexity index is 169. The average Bonchev–Trinajstić information content (AvgIpc) is 2.16. The van der Waals surface area contributed by atoms with Crippen molar-refractivity contribution in [3.63, 3.8) is 0 Å². The molecular weight excluding hydrogens is 227 g/mol. The molecule has 4 nitrogen and oxygen atoms in total. The van der Waals surface area contributed by atoms with Gasteiger partial charge >= 0.3 is 0 Å². The first-order valence-corrected chi connectivity index (χ1v) is 4.32. The molecule has 1 rings (SSSR count). The highest BCUT2D eigenvalue weighted by atomic mass is 35.5. The van der Waals surface area contributed by atoms with Gasteiger partial charge in [-0.25, -0.2) is 0 Å². The molecule has 1 aliphatic rings. The summed E-state index contributed by atoms with van der Waals surface area (Å²) in [7, 11) is 3.27. The Morgan fingerprint density at radius 2 is 2.07 bits per heavy atom. The number of amides is 1. The number of likely N-dealkylation sites (N-methyl/N-ethyl adjacent to an activating group) is 1. The lowest BCUT2D eigenvalue weighted by Crippen LogP contribution is -2.47. The van der Waals surface area contributed by atoms with Gasteiger partial charge in [-0.2, -0.15) is 5.06 Å². The van der Waals surface area contributed by atoms with Crippen molar-refractivity contribution in [2.45, 2.75) is 25.3 Å². The molecule has 0 aromatic rings. The third-order valence-electron chi connectivity index (χ3n) is 2.24. The summed E-state index contributed by atoms with van der Waals surface area (Å²) >= 11 is 0. The van der Waals surface area contributed by atoms with Crippen LogP contribution >= 0.6 is 24.8 Å². The molecule has 6 heteroatoms. The molecule has 0 spiro atoms. The Kier molecular flexibility index (Phi) is 9.72. The van der Waals surface area contributed by atoms with Gasteiger partial charge in [0.25, 0.3) is 0 Å². The third-order valence-corrected chi connectivity index (χ3v) is 2.24. The van der Waals surface area contributed by atoms with E-state index in [9.17, 15) is 4.79 Å². The van der Waals surface area contributed by atoms with Crippen LogP contribution in [0, 0.1) is 0 Å². The Hall–Kier alpha value is -0.0300. The summed E-state index contributed by atoms with van der Waals surface area (Å²) in [6.45, 7) is 0.856. The van der Waals surface area contributed by atoms with Crippen LogP contribution in [0.25, 0.3) is 0 Å². The highest BCUT2D eigenvalue weighted by Gasteiger charge is 2.27. The van der Waals surface area contributed by atoms with Crippen LogP contribution in [0.4, 0.5) is 0 Å². The fraction of sp³-hybridized carbons (Fsp3) is 0.875. The zero-order chi connectivity index (χ0) is 8.97. The second-order valence-electron chi connectivity index (χ2n) is 2.95. The monoisotopic (exact) mass is 244 g/mol. The Labute approximate surface area is 97.1 Å². The molecule has 86 valence electrons. The summed E-state index contributed by atoms with van der Waals surface area (Å²) < 4.78 is 0. The van der Waals surface area contributed by atoms with Gasteiger partial charge in [-0.3, -0.25) is 4.79 Å². The lowest BCUT2D eigenvalue weighted by atomic mass is 10.0. The number of nitrogens with one attached hydrogen (secondary N) is 1. The maximum absolute atomic E-state index is 11.3. The van der Waals surface area contributed by atoms with E-state index in [1.165, 1.54) is 0 Å². The van der Waals surface area contributed by atoms with Gasteiger partial charge in [-0.05, 0) is 19.3 Å². The van der Waals surface area contributed by atoms with Crippen molar-refractivity contribution in [1.29, 1.82) is 0 Å². The van der Waals surface area contributed by atoms with Crippen LogP contribution in [0.5, 0.6) is 0 Å². The van der Waals surface area contributed by atoms with Crippen molar-refractivity contribution in [3.05, 3.63) is 0 Å². The summed E-state index contributed by atoms with van der Waals surface area (Å²) in [5.74, 6) is 0.0524. The number of rotatable bonds is 2. The van der Waals surface area contributed by atoms with E-state index in [0.717, 1.165) is 25.8 Å². The number of nitrogens with zero attached hydrogens (tertiary/aromatic N) is 1. The van der Waals surface area contributed by atoms with E-state index >= 15 is 0 Å².